The number of aliphatic carboxylic acids is 3. The van der Waals surface area contributed by atoms with Crippen molar-refractivity contribution in [2.75, 3.05) is 46.9 Å². The van der Waals surface area contributed by atoms with Crippen LogP contribution in [0.5, 0.6) is 0 Å². The molecule has 264 valence electrons. The highest BCUT2D eigenvalue weighted by Crippen LogP contribution is 2.36. The first-order valence-electron chi connectivity index (χ1n) is 12.9. The number of alkyl halides is 9. The minimum absolute atomic E-state index is 0.121. The van der Waals surface area contributed by atoms with E-state index in [-0.39, 0.29) is 24.2 Å². The van der Waals surface area contributed by atoms with Gasteiger partial charge in [0.05, 0.1) is 17.3 Å². The molecule has 0 aliphatic carbocycles. The molecule has 1 aromatic rings. The third-order valence-corrected chi connectivity index (χ3v) is 6.36. The van der Waals surface area contributed by atoms with Crippen LogP contribution in [0, 0.1) is 0 Å². The number of nitrogens with zero attached hydrogens (tertiary/aromatic N) is 4. The summed E-state index contributed by atoms with van der Waals surface area (Å²) >= 11 is 0. The second-order valence-corrected chi connectivity index (χ2v) is 9.93. The quantitative estimate of drug-likeness (QED) is 0.390. The number of carbonyl (C=O) groups is 4. The van der Waals surface area contributed by atoms with Crippen molar-refractivity contribution in [3.8, 4) is 0 Å². The Balaban J connectivity index is 0.000000786. The van der Waals surface area contributed by atoms with Gasteiger partial charge in [0.1, 0.15) is 6.61 Å². The van der Waals surface area contributed by atoms with Crippen LogP contribution in [0.2, 0.25) is 0 Å². The standard InChI is InChI=1S/C19H30N4O2.3C2HF3O2/c1-16-19(25-15-18(24)23(16)13-12-21(2)3)7-10-22(11-8-19)14-17-6-4-5-9-20-17;3*3-2(4,5)1(6)7/h4-6,9,16H,7-8,10-15H2,1-3H3;3*(H,6,7). The van der Waals surface area contributed by atoms with Crippen LogP contribution >= 0.6 is 0 Å². The fourth-order valence-electron chi connectivity index (χ4n) is 3.91. The largest absolute Gasteiger partial charge is 0.490 e. The van der Waals surface area contributed by atoms with Crippen molar-refractivity contribution in [3.05, 3.63) is 30.1 Å². The number of aromatic nitrogens is 1. The van der Waals surface area contributed by atoms with Crippen LogP contribution in [0.4, 0.5) is 39.5 Å². The van der Waals surface area contributed by atoms with Crippen LogP contribution in [0.1, 0.15) is 25.5 Å². The number of amides is 1. The van der Waals surface area contributed by atoms with Gasteiger partial charge in [0, 0.05) is 38.9 Å². The van der Waals surface area contributed by atoms with Crippen molar-refractivity contribution in [3.63, 3.8) is 0 Å². The van der Waals surface area contributed by atoms with Gasteiger partial charge < -0.3 is 29.9 Å². The van der Waals surface area contributed by atoms with Gasteiger partial charge >= 0.3 is 36.4 Å². The zero-order valence-corrected chi connectivity index (χ0v) is 24.6. The number of morpholine rings is 1. The molecular weight excluding hydrogens is 655 g/mol. The van der Waals surface area contributed by atoms with Crippen LogP contribution in [-0.4, -0.2) is 136 Å². The van der Waals surface area contributed by atoms with E-state index in [1.54, 1.807) is 0 Å². The number of halogens is 9. The van der Waals surface area contributed by atoms with Crippen molar-refractivity contribution < 1.29 is 78.7 Å². The minimum Gasteiger partial charge on any atom is -0.475 e. The molecule has 46 heavy (non-hydrogen) atoms. The summed E-state index contributed by atoms with van der Waals surface area (Å²) in [6.07, 6.45) is -11.5. The van der Waals surface area contributed by atoms with E-state index in [9.17, 15) is 44.3 Å². The van der Waals surface area contributed by atoms with E-state index in [1.807, 2.05) is 37.3 Å². The first-order valence-corrected chi connectivity index (χ1v) is 12.9. The predicted molar refractivity (Wildman–Crippen MR) is 138 cm³/mol. The fourth-order valence-corrected chi connectivity index (χ4v) is 3.91. The molecule has 0 radical (unpaired) electrons. The molecule has 2 saturated heterocycles. The lowest BCUT2D eigenvalue weighted by Crippen LogP contribution is -2.64. The van der Waals surface area contributed by atoms with E-state index >= 15 is 0 Å². The predicted octanol–water partition coefficient (Wildman–Crippen LogP) is 3.13. The highest BCUT2D eigenvalue weighted by molar-refractivity contribution is 5.79. The molecule has 21 heteroatoms. The Morgan fingerprint density at radius 3 is 1.70 bits per heavy atom. The molecule has 2 aliphatic rings. The number of pyridine rings is 1. The number of likely N-dealkylation sites (tertiary alicyclic amines) is 1. The van der Waals surface area contributed by atoms with E-state index in [4.69, 9.17) is 34.4 Å². The number of carboxylic acids is 3. The first-order chi connectivity index (χ1) is 20.8. The molecule has 1 spiro atoms. The lowest BCUT2D eigenvalue weighted by atomic mass is 9.82. The van der Waals surface area contributed by atoms with E-state index in [0.717, 1.165) is 51.3 Å². The molecule has 1 atom stereocenters. The summed E-state index contributed by atoms with van der Waals surface area (Å²) in [5.74, 6) is -8.15. The van der Waals surface area contributed by atoms with Gasteiger partial charge in [-0.25, -0.2) is 14.4 Å². The van der Waals surface area contributed by atoms with Crippen LogP contribution < -0.4 is 0 Å². The zero-order valence-electron chi connectivity index (χ0n) is 24.6. The topological polar surface area (TPSA) is 161 Å². The van der Waals surface area contributed by atoms with Crippen molar-refractivity contribution in [2.45, 2.75) is 56.5 Å². The van der Waals surface area contributed by atoms with E-state index in [1.165, 1.54) is 0 Å². The van der Waals surface area contributed by atoms with Gasteiger partial charge in [-0.3, -0.25) is 14.7 Å². The van der Waals surface area contributed by atoms with Crippen LogP contribution in [0.25, 0.3) is 0 Å². The average molecular weight is 689 g/mol. The van der Waals surface area contributed by atoms with Crippen LogP contribution in [0.3, 0.4) is 0 Å². The van der Waals surface area contributed by atoms with Gasteiger partial charge in [0.2, 0.25) is 5.91 Å². The van der Waals surface area contributed by atoms with Crippen molar-refractivity contribution in [1.82, 2.24) is 19.7 Å². The maximum absolute atomic E-state index is 12.3. The number of likely N-dealkylation sites (N-methyl/N-ethyl adjacent to an activating group) is 1. The normalized spacial score (nSPS) is 18.3. The summed E-state index contributed by atoms with van der Waals surface area (Å²) in [5.41, 5.74) is 0.916. The molecule has 3 heterocycles. The maximum Gasteiger partial charge on any atom is 0.490 e. The van der Waals surface area contributed by atoms with Crippen molar-refractivity contribution in [2.24, 2.45) is 0 Å². The van der Waals surface area contributed by atoms with Crippen molar-refractivity contribution >= 4 is 23.8 Å². The molecule has 3 N–H and O–H groups in total. The molecule has 2 fully saturated rings. The number of piperidine rings is 1. The molecule has 1 amide bonds. The number of hydrogen-bond donors (Lipinski definition) is 3. The smallest absolute Gasteiger partial charge is 0.475 e. The van der Waals surface area contributed by atoms with Gasteiger partial charge in [-0.1, -0.05) is 6.07 Å². The molecule has 0 saturated carbocycles. The molecule has 12 nitrogen and oxygen atoms in total. The highest BCUT2D eigenvalue weighted by atomic mass is 19.4. The van der Waals surface area contributed by atoms with Crippen LogP contribution in [0.15, 0.2) is 24.4 Å². The van der Waals surface area contributed by atoms with Crippen molar-refractivity contribution in [1.29, 1.82) is 0 Å². The molecule has 1 unspecified atom stereocenters. The summed E-state index contributed by atoms with van der Waals surface area (Å²) in [6, 6.07) is 6.19. The maximum atomic E-state index is 12.3. The molecule has 0 bridgehead atoms. The van der Waals surface area contributed by atoms with Gasteiger partial charge in [0.15, 0.2) is 0 Å². The summed E-state index contributed by atoms with van der Waals surface area (Å²) in [7, 11) is 4.09. The SMILES string of the molecule is CC1N(CCN(C)C)C(=O)COC12CCN(Cc1ccccn1)CC2.O=C(O)C(F)(F)F.O=C(O)C(F)(F)F.O=C(O)C(F)(F)F. The fraction of sp³-hybridized carbons (Fsp3) is 0.640. The second-order valence-electron chi connectivity index (χ2n) is 9.93. The Hall–Kier alpha value is -3.72. The van der Waals surface area contributed by atoms with Crippen LogP contribution in [-0.2, 0) is 30.5 Å². The van der Waals surface area contributed by atoms with Gasteiger partial charge in [0.25, 0.3) is 0 Å². The van der Waals surface area contributed by atoms with Gasteiger partial charge in [-0.05, 0) is 46.0 Å². The second kappa shape index (κ2) is 17.8. The number of carboxylic acid groups (broad SMARTS) is 3. The molecule has 3 rings (SSSR count). The van der Waals surface area contributed by atoms with E-state index < -0.39 is 36.4 Å². The monoisotopic (exact) mass is 688 g/mol. The summed E-state index contributed by atoms with van der Waals surface area (Å²) in [5, 5.41) is 21.4. The Morgan fingerprint density at radius 1 is 0.913 bits per heavy atom. The lowest BCUT2D eigenvalue weighted by molar-refractivity contribution is -0.193. The average Bonchev–Trinajstić information content (AvgIpc) is 2.92. The molecule has 0 aromatic carbocycles. The third kappa shape index (κ3) is 15.5. The van der Waals surface area contributed by atoms with E-state index in [2.05, 4.69) is 27.8 Å². The zero-order chi connectivity index (χ0) is 36.1. The number of carbonyl (C=O) groups excluding carboxylic acids is 1. The van der Waals surface area contributed by atoms with Gasteiger partial charge in [-0.15, -0.1) is 0 Å². The molecule has 1 aromatic heterocycles. The summed E-state index contributed by atoms with van der Waals surface area (Å²) in [6.45, 7) is 6.88. The lowest BCUT2D eigenvalue weighted by Gasteiger charge is -2.51. The number of hydrogen-bond acceptors (Lipinski definition) is 8. The Labute approximate surface area is 256 Å². The molecular formula is C25H33F9N4O8. The summed E-state index contributed by atoms with van der Waals surface area (Å²) in [4.78, 5) is 50.0. The first kappa shape index (κ1) is 42.3. The minimum atomic E-state index is -5.08. The van der Waals surface area contributed by atoms with E-state index in [0.29, 0.717) is 0 Å². The Bertz CT molecular complexity index is 1070. The Morgan fingerprint density at radius 2 is 1.35 bits per heavy atom. The molecule has 2 aliphatic heterocycles. The highest BCUT2D eigenvalue weighted by Gasteiger charge is 2.47. The number of ether oxygens (including phenoxy) is 1. The third-order valence-electron chi connectivity index (χ3n) is 6.36. The number of rotatable bonds is 5. The Kier molecular flexibility index (Phi) is 16.4. The van der Waals surface area contributed by atoms with Gasteiger partial charge in [-0.2, -0.15) is 39.5 Å². The summed E-state index contributed by atoms with van der Waals surface area (Å²) < 4.78 is 101.